The number of anilines is 3. The number of guanidine groups is 1. The average molecular weight is 449 g/mol. The number of carbonyl (C=O) groups excluding carboxylic acids is 1. The Labute approximate surface area is 191 Å². The van der Waals surface area contributed by atoms with E-state index >= 15 is 0 Å². The minimum atomic E-state index is -0.342. The van der Waals surface area contributed by atoms with E-state index in [9.17, 15) is 9.18 Å². The molecule has 1 aromatic heterocycles. The third-order valence-electron chi connectivity index (χ3n) is 5.73. The first-order valence-electron chi connectivity index (χ1n) is 10.7. The van der Waals surface area contributed by atoms with Crippen molar-refractivity contribution >= 4 is 41.2 Å². The number of hydrogen-bond donors (Lipinski definition) is 1. The molecule has 3 aliphatic heterocycles. The third kappa shape index (κ3) is 3.81. The van der Waals surface area contributed by atoms with Gasteiger partial charge in [0.05, 0.1) is 25.2 Å². The normalized spacial score (nSPS) is 18.9. The van der Waals surface area contributed by atoms with Crippen LogP contribution in [0.25, 0.3) is 0 Å². The second-order valence-corrected chi connectivity index (χ2v) is 8.94. The van der Waals surface area contributed by atoms with E-state index in [4.69, 9.17) is 10.1 Å². The number of hydrogen-bond acceptors (Lipinski definition) is 7. The zero-order valence-electron chi connectivity index (χ0n) is 19.0. The molecular formula is C23H25FN8O. The molecule has 1 N–H and O–H groups in total. The summed E-state index contributed by atoms with van der Waals surface area (Å²) in [5.41, 5.74) is 1.69. The highest BCUT2D eigenvalue weighted by molar-refractivity contribution is 6.21. The minimum absolute atomic E-state index is 0.198. The second kappa shape index (κ2) is 7.65. The molecule has 0 fully saturated rings. The molecule has 3 aliphatic rings. The molecule has 0 atom stereocenters. The van der Waals surface area contributed by atoms with E-state index in [1.54, 1.807) is 35.0 Å². The Hall–Kier alpha value is -3.82. The van der Waals surface area contributed by atoms with Crippen molar-refractivity contribution in [3.8, 4) is 0 Å². The van der Waals surface area contributed by atoms with Crippen molar-refractivity contribution in [1.29, 1.82) is 0 Å². The molecule has 0 saturated heterocycles. The molecule has 0 radical (unpaired) electrons. The van der Waals surface area contributed by atoms with Gasteiger partial charge < -0.3 is 5.32 Å². The smallest absolute Gasteiger partial charge is 0.267 e. The van der Waals surface area contributed by atoms with E-state index in [1.807, 2.05) is 31.7 Å². The number of amidine groups is 1. The Balaban J connectivity index is 1.61. The van der Waals surface area contributed by atoms with Crippen LogP contribution in [0.2, 0.25) is 0 Å². The quantitative estimate of drug-likeness (QED) is 0.778. The molecule has 33 heavy (non-hydrogen) atoms. The van der Waals surface area contributed by atoms with Gasteiger partial charge in [0.2, 0.25) is 5.96 Å². The average Bonchev–Trinajstić information content (AvgIpc) is 3.20. The monoisotopic (exact) mass is 448 g/mol. The summed E-state index contributed by atoms with van der Waals surface area (Å²) in [5.74, 6) is 1.87. The van der Waals surface area contributed by atoms with Crippen molar-refractivity contribution in [2.75, 3.05) is 30.4 Å². The molecule has 2 aromatic rings. The number of nitrogens with zero attached hydrogens (tertiary/aromatic N) is 7. The summed E-state index contributed by atoms with van der Waals surface area (Å²) in [6.07, 6.45) is 3.76. The van der Waals surface area contributed by atoms with Crippen LogP contribution in [0.3, 0.4) is 0 Å². The zero-order valence-corrected chi connectivity index (χ0v) is 19.0. The molecular weight excluding hydrogens is 423 g/mol. The molecule has 0 aliphatic carbocycles. The Kier molecular flexibility index (Phi) is 4.88. The van der Waals surface area contributed by atoms with Crippen LogP contribution in [0.15, 0.2) is 50.9 Å². The Morgan fingerprint density at radius 1 is 1.21 bits per heavy atom. The van der Waals surface area contributed by atoms with Gasteiger partial charge in [-0.3, -0.25) is 19.6 Å². The fourth-order valence-corrected chi connectivity index (χ4v) is 4.10. The van der Waals surface area contributed by atoms with Gasteiger partial charge in [0, 0.05) is 18.9 Å². The summed E-state index contributed by atoms with van der Waals surface area (Å²) in [7, 11) is 1.72. The molecule has 4 heterocycles. The summed E-state index contributed by atoms with van der Waals surface area (Å²) in [6.45, 7) is 7.44. The van der Waals surface area contributed by atoms with E-state index in [0.717, 1.165) is 5.57 Å². The maximum absolute atomic E-state index is 13.5. The first-order valence-corrected chi connectivity index (χ1v) is 10.7. The fraction of sp³-hybridized carbons (Fsp3) is 0.348. The lowest BCUT2D eigenvalue weighted by Gasteiger charge is -2.30. The van der Waals surface area contributed by atoms with Gasteiger partial charge in [-0.1, -0.05) is 6.08 Å². The fourth-order valence-electron chi connectivity index (χ4n) is 4.10. The van der Waals surface area contributed by atoms with Gasteiger partial charge in [-0.15, -0.1) is 0 Å². The topological polar surface area (TPSA) is 90.5 Å². The van der Waals surface area contributed by atoms with Crippen LogP contribution in [0.4, 0.5) is 21.7 Å². The number of aliphatic imine (C=N–C) groups is 3. The molecule has 0 unspecified atom stereocenters. The van der Waals surface area contributed by atoms with Crippen molar-refractivity contribution in [3.63, 3.8) is 0 Å². The largest absolute Gasteiger partial charge is 0.340 e. The van der Waals surface area contributed by atoms with Gasteiger partial charge in [0.25, 0.3) is 5.91 Å². The summed E-state index contributed by atoms with van der Waals surface area (Å²) < 4.78 is 15.2. The van der Waals surface area contributed by atoms with Crippen molar-refractivity contribution in [2.24, 2.45) is 15.0 Å². The Bertz CT molecular complexity index is 1250. The first-order chi connectivity index (χ1) is 15.7. The molecule has 5 rings (SSSR count). The number of benzene rings is 1. The highest BCUT2D eigenvalue weighted by Crippen LogP contribution is 2.38. The van der Waals surface area contributed by atoms with Crippen molar-refractivity contribution in [1.82, 2.24) is 14.7 Å². The van der Waals surface area contributed by atoms with E-state index in [1.165, 1.54) is 12.1 Å². The van der Waals surface area contributed by atoms with Gasteiger partial charge in [-0.25, -0.2) is 19.1 Å². The van der Waals surface area contributed by atoms with Gasteiger partial charge in [-0.05, 0) is 50.6 Å². The standard InChI is InChI=1S/C23H25FN8O/c1-14-25-10-9-15(11-26-14)12-32-19(27-17-7-5-16(24)6-8-17)18-20(29-32)31-13-23(2,3)28-22(31)30(4)21(18)33/h5-9,11,27H,10,12-13H2,1-4H3. The molecule has 0 bridgehead atoms. The van der Waals surface area contributed by atoms with Gasteiger partial charge in [-0.2, -0.15) is 5.10 Å². The van der Waals surface area contributed by atoms with E-state index in [0.29, 0.717) is 54.3 Å². The molecule has 1 aromatic carbocycles. The number of aromatic nitrogens is 2. The van der Waals surface area contributed by atoms with E-state index in [2.05, 4.69) is 15.3 Å². The van der Waals surface area contributed by atoms with Crippen LogP contribution < -0.4 is 10.2 Å². The lowest BCUT2D eigenvalue weighted by atomic mass is 10.1. The van der Waals surface area contributed by atoms with Gasteiger partial charge in [0.15, 0.2) is 5.82 Å². The van der Waals surface area contributed by atoms with Crippen LogP contribution in [-0.4, -0.2) is 64.3 Å². The summed E-state index contributed by atoms with van der Waals surface area (Å²) in [4.78, 5) is 30.4. The zero-order chi connectivity index (χ0) is 23.3. The van der Waals surface area contributed by atoms with Crippen LogP contribution in [-0.2, 0) is 6.54 Å². The van der Waals surface area contributed by atoms with Crippen LogP contribution in [0.1, 0.15) is 31.1 Å². The Morgan fingerprint density at radius 3 is 2.73 bits per heavy atom. The third-order valence-corrected chi connectivity index (χ3v) is 5.73. The van der Waals surface area contributed by atoms with E-state index in [-0.39, 0.29) is 17.3 Å². The Morgan fingerprint density at radius 2 is 1.97 bits per heavy atom. The predicted molar refractivity (Wildman–Crippen MR) is 127 cm³/mol. The van der Waals surface area contributed by atoms with Crippen LogP contribution in [0.5, 0.6) is 0 Å². The van der Waals surface area contributed by atoms with Crippen molar-refractivity contribution in [3.05, 3.63) is 47.3 Å². The summed E-state index contributed by atoms with van der Waals surface area (Å²) in [5, 5.41) is 8.13. The lowest BCUT2D eigenvalue weighted by molar-refractivity contribution is 0.0866. The number of allylic oxidation sites excluding steroid dienone is 1. The van der Waals surface area contributed by atoms with Gasteiger partial charge in [0.1, 0.15) is 23.0 Å². The number of fused-ring (bicyclic) bond motifs is 3. The minimum Gasteiger partial charge on any atom is -0.340 e. The first kappa shape index (κ1) is 21.0. The van der Waals surface area contributed by atoms with Crippen LogP contribution >= 0.6 is 0 Å². The molecule has 0 spiro atoms. The maximum atomic E-state index is 13.5. The van der Waals surface area contributed by atoms with Crippen LogP contribution in [0, 0.1) is 5.82 Å². The summed E-state index contributed by atoms with van der Waals surface area (Å²) in [6, 6.07) is 6.01. The summed E-state index contributed by atoms with van der Waals surface area (Å²) >= 11 is 0. The molecule has 0 saturated carbocycles. The number of carbonyl (C=O) groups is 1. The number of rotatable bonds is 4. The number of halogens is 1. The predicted octanol–water partition coefficient (Wildman–Crippen LogP) is 3.24. The SMILES string of the molecule is CC1=NCC=C(Cn2nc3c(c2Nc2ccc(F)cc2)C(=O)N(C)C2=NC(C)(C)CN23)C=N1. The second-order valence-electron chi connectivity index (χ2n) is 8.94. The highest BCUT2D eigenvalue weighted by Gasteiger charge is 2.45. The molecule has 1 amide bonds. The maximum Gasteiger partial charge on any atom is 0.267 e. The molecule has 10 heteroatoms. The molecule has 9 nitrogen and oxygen atoms in total. The van der Waals surface area contributed by atoms with Gasteiger partial charge >= 0.3 is 0 Å². The highest BCUT2D eigenvalue weighted by atomic mass is 19.1. The van der Waals surface area contributed by atoms with E-state index < -0.39 is 0 Å². The van der Waals surface area contributed by atoms with Crippen molar-refractivity contribution in [2.45, 2.75) is 32.9 Å². The van der Waals surface area contributed by atoms with Crippen molar-refractivity contribution < 1.29 is 9.18 Å². The molecule has 170 valence electrons. The lowest BCUT2D eigenvalue weighted by Crippen LogP contribution is -2.48. The number of nitrogens with one attached hydrogen (secondary N) is 1. The number of amides is 1.